The Morgan fingerprint density at radius 1 is 1.55 bits per heavy atom. The molecular formula is C14H21FN4O. The quantitative estimate of drug-likeness (QED) is 0.852. The lowest BCUT2D eigenvalue weighted by atomic mass is 10.1. The third-order valence-electron chi connectivity index (χ3n) is 3.51. The molecule has 0 aliphatic carbocycles. The number of pyridine rings is 1. The molecule has 1 aromatic rings. The number of nitrogens with two attached hydrogens (primary N) is 1. The number of nitrogens with one attached hydrogen (secondary N) is 1. The van der Waals surface area contributed by atoms with Crippen molar-refractivity contribution in [2.75, 3.05) is 31.9 Å². The van der Waals surface area contributed by atoms with Crippen LogP contribution in [0.15, 0.2) is 12.3 Å². The van der Waals surface area contributed by atoms with Crippen molar-refractivity contribution in [3.63, 3.8) is 0 Å². The Labute approximate surface area is 118 Å². The fourth-order valence-corrected chi connectivity index (χ4v) is 2.46. The molecule has 20 heavy (non-hydrogen) atoms. The van der Waals surface area contributed by atoms with E-state index in [-0.39, 0.29) is 17.3 Å². The highest BCUT2D eigenvalue weighted by molar-refractivity contribution is 5.98. The summed E-state index contributed by atoms with van der Waals surface area (Å²) in [6.45, 7) is 5.88. The first-order chi connectivity index (χ1) is 9.56. The van der Waals surface area contributed by atoms with Crippen molar-refractivity contribution in [2.24, 2.45) is 5.92 Å². The highest BCUT2D eigenvalue weighted by Crippen LogP contribution is 2.11. The molecule has 6 heteroatoms. The number of carbonyl (C=O) groups is 1. The lowest BCUT2D eigenvalue weighted by Crippen LogP contribution is -2.34. The van der Waals surface area contributed by atoms with E-state index in [2.05, 4.69) is 22.1 Å². The number of likely N-dealkylation sites (tertiary alicyclic amines) is 1. The molecule has 1 aliphatic heterocycles. The van der Waals surface area contributed by atoms with Crippen LogP contribution in [0.1, 0.15) is 30.1 Å². The number of rotatable bonds is 5. The van der Waals surface area contributed by atoms with Gasteiger partial charge in [-0.2, -0.15) is 0 Å². The van der Waals surface area contributed by atoms with Crippen molar-refractivity contribution >= 4 is 11.7 Å². The molecule has 2 rings (SSSR count). The fourth-order valence-electron chi connectivity index (χ4n) is 2.46. The molecule has 1 aliphatic rings. The Morgan fingerprint density at radius 3 is 2.95 bits per heavy atom. The van der Waals surface area contributed by atoms with Crippen LogP contribution in [0.25, 0.3) is 0 Å². The maximum atomic E-state index is 13.1. The van der Waals surface area contributed by atoms with Crippen molar-refractivity contribution < 1.29 is 9.18 Å². The second kappa shape index (κ2) is 6.65. The molecule has 0 spiro atoms. The number of aromatic nitrogens is 1. The molecule has 0 aromatic carbocycles. The van der Waals surface area contributed by atoms with Gasteiger partial charge in [0.1, 0.15) is 11.6 Å². The van der Waals surface area contributed by atoms with E-state index in [9.17, 15) is 9.18 Å². The van der Waals surface area contributed by atoms with Gasteiger partial charge in [-0.1, -0.05) is 6.92 Å². The molecule has 5 nitrogen and oxygen atoms in total. The van der Waals surface area contributed by atoms with E-state index in [0.29, 0.717) is 12.5 Å². The molecule has 1 saturated heterocycles. The summed E-state index contributed by atoms with van der Waals surface area (Å²) in [5, 5.41) is 2.79. The number of anilines is 1. The molecule has 0 radical (unpaired) electrons. The van der Waals surface area contributed by atoms with Gasteiger partial charge < -0.3 is 16.0 Å². The topological polar surface area (TPSA) is 71.2 Å². The molecule has 0 bridgehead atoms. The zero-order valence-electron chi connectivity index (χ0n) is 11.7. The summed E-state index contributed by atoms with van der Waals surface area (Å²) in [7, 11) is 0. The first kappa shape index (κ1) is 14.7. The summed E-state index contributed by atoms with van der Waals surface area (Å²) in [6, 6.07) is 1.11. The number of hydrogen-bond donors (Lipinski definition) is 2. The van der Waals surface area contributed by atoms with Crippen LogP contribution in [0, 0.1) is 11.7 Å². The highest BCUT2D eigenvalue weighted by atomic mass is 19.1. The Balaban J connectivity index is 1.83. The van der Waals surface area contributed by atoms with Crippen LogP contribution < -0.4 is 11.1 Å². The normalized spacial score (nSPS) is 17.1. The minimum atomic E-state index is -0.561. The molecule has 1 amide bonds. The molecule has 110 valence electrons. The first-order valence-electron chi connectivity index (χ1n) is 6.98. The van der Waals surface area contributed by atoms with Crippen LogP contribution in [0.5, 0.6) is 0 Å². The molecule has 2 heterocycles. The van der Waals surface area contributed by atoms with Gasteiger partial charge in [-0.15, -0.1) is 0 Å². The lowest BCUT2D eigenvalue weighted by molar-refractivity contribution is 0.0945. The van der Waals surface area contributed by atoms with E-state index >= 15 is 0 Å². The van der Waals surface area contributed by atoms with Crippen molar-refractivity contribution in [1.29, 1.82) is 0 Å². The average molecular weight is 280 g/mol. The van der Waals surface area contributed by atoms with Gasteiger partial charge in [0.2, 0.25) is 0 Å². The van der Waals surface area contributed by atoms with Crippen LogP contribution in [-0.2, 0) is 0 Å². The van der Waals surface area contributed by atoms with Gasteiger partial charge in [0.15, 0.2) is 0 Å². The summed E-state index contributed by atoms with van der Waals surface area (Å²) in [6.07, 6.45) is 3.51. The van der Waals surface area contributed by atoms with Crippen LogP contribution in [0.2, 0.25) is 0 Å². The second-order valence-electron chi connectivity index (χ2n) is 5.41. The number of amides is 1. The molecule has 1 aromatic heterocycles. The second-order valence-corrected chi connectivity index (χ2v) is 5.41. The number of nitrogen functional groups attached to an aromatic ring is 1. The lowest BCUT2D eigenvalue weighted by Gasteiger charge is -2.20. The zero-order chi connectivity index (χ0) is 14.5. The molecule has 1 atom stereocenters. The van der Waals surface area contributed by atoms with E-state index in [1.165, 1.54) is 12.8 Å². The predicted octanol–water partition coefficient (Wildman–Crippen LogP) is 1.26. The smallest absolute Gasteiger partial charge is 0.255 e. The van der Waals surface area contributed by atoms with Gasteiger partial charge in [0.05, 0.1) is 11.8 Å². The number of hydrogen-bond acceptors (Lipinski definition) is 4. The minimum Gasteiger partial charge on any atom is -0.383 e. The van der Waals surface area contributed by atoms with E-state index in [0.717, 1.165) is 31.9 Å². The zero-order valence-corrected chi connectivity index (χ0v) is 11.7. The van der Waals surface area contributed by atoms with Gasteiger partial charge in [0, 0.05) is 13.1 Å². The summed E-state index contributed by atoms with van der Waals surface area (Å²) >= 11 is 0. The van der Waals surface area contributed by atoms with Gasteiger partial charge >= 0.3 is 0 Å². The van der Waals surface area contributed by atoms with Crippen molar-refractivity contribution in [1.82, 2.24) is 15.2 Å². The average Bonchev–Trinajstić information content (AvgIpc) is 2.91. The van der Waals surface area contributed by atoms with Crippen molar-refractivity contribution in [3.05, 3.63) is 23.6 Å². The maximum absolute atomic E-state index is 13.1. The third kappa shape index (κ3) is 3.90. The van der Waals surface area contributed by atoms with Crippen LogP contribution in [0.4, 0.5) is 10.2 Å². The van der Waals surface area contributed by atoms with Crippen molar-refractivity contribution in [2.45, 2.75) is 19.8 Å². The molecule has 3 N–H and O–H groups in total. The minimum absolute atomic E-state index is 0.0519. The van der Waals surface area contributed by atoms with E-state index in [4.69, 9.17) is 5.73 Å². The largest absolute Gasteiger partial charge is 0.383 e. The maximum Gasteiger partial charge on any atom is 0.255 e. The van der Waals surface area contributed by atoms with E-state index in [1.807, 2.05) is 0 Å². The summed E-state index contributed by atoms with van der Waals surface area (Å²) in [5.41, 5.74) is 5.68. The van der Waals surface area contributed by atoms with Gasteiger partial charge in [-0.25, -0.2) is 9.37 Å². The van der Waals surface area contributed by atoms with E-state index in [1.54, 1.807) is 0 Å². The van der Waals surface area contributed by atoms with E-state index < -0.39 is 5.82 Å². The molecule has 1 unspecified atom stereocenters. The van der Waals surface area contributed by atoms with Crippen LogP contribution in [-0.4, -0.2) is 42.0 Å². The Morgan fingerprint density at radius 2 is 2.25 bits per heavy atom. The van der Waals surface area contributed by atoms with Crippen LogP contribution >= 0.6 is 0 Å². The summed E-state index contributed by atoms with van der Waals surface area (Å²) in [5.74, 6) is -0.534. The number of halogens is 1. The Kier molecular flexibility index (Phi) is 4.89. The van der Waals surface area contributed by atoms with Gasteiger partial charge in [0.25, 0.3) is 5.91 Å². The standard InChI is InChI=1S/C14H21FN4O/c1-10(9-19-4-2-3-5-19)7-18-14(20)12-6-11(15)8-17-13(12)16/h6,8,10H,2-5,7,9H2,1H3,(H2,16,17)(H,18,20). The SMILES string of the molecule is CC(CNC(=O)c1cc(F)cnc1N)CN1CCCC1. The number of nitrogens with zero attached hydrogens (tertiary/aromatic N) is 2. The van der Waals surface area contributed by atoms with Crippen LogP contribution in [0.3, 0.4) is 0 Å². The molecule has 1 fully saturated rings. The number of carbonyl (C=O) groups excluding carboxylic acids is 1. The monoisotopic (exact) mass is 280 g/mol. The highest BCUT2D eigenvalue weighted by Gasteiger charge is 2.16. The Bertz CT molecular complexity index is 474. The predicted molar refractivity (Wildman–Crippen MR) is 75.8 cm³/mol. The summed E-state index contributed by atoms with van der Waals surface area (Å²) in [4.78, 5) is 18.0. The van der Waals surface area contributed by atoms with Gasteiger partial charge in [-0.05, 0) is 37.9 Å². The first-order valence-corrected chi connectivity index (χ1v) is 6.98. The summed E-state index contributed by atoms with van der Waals surface area (Å²) < 4.78 is 13.1. The third-order valence-corrected chi connectivity index (χ3v) is 3.51. The van der Waals surface area contributed by atoms with Crippen molar-refractivity contribution in [3.8, 4) is 0 Å². The fraction of sp³-hybridized carbons (Fsp3) is 0.571. The molecular weight excluding hydrogens is 259 g/mol. The molecule has 0 saturated carbocycles. The van der Waals surface area contributed by atoms with Gasteiger partial charge in [-0.3, -0.25) is 4.79 Å². The Hall–Kier alpha value is -1.69.